The molecule has 1 aromatic heterocycles. The van der Waals surface area contributed by atoms with Crippen molar-refractivity contribution in [3.63, 3.8) is 0 Å². The Labute approximate surface area is 121 Å². The van der Waals surface area contributed by atoms with E-state index in [0.717, 1.165) is 13.0 Å². The van der Waals surface area contributed by atoms with E-state index in [1.165, 1.54) is 0 Å². The SMILES string of the molecule is O=[N+]([O-])c1c(NOCC2CCOC2)ccc2ncccc12. The minimum atomic E-state index is -0.422. The van der Waals surface area contributed by atoms with E-state index in [1.54, 1.807) is 30.5 Å². The minimum absolute atomic E-state index is 0.0247. The first-order valence-corrected chi connectivity index (χ1v) is 6.73. The number of hydrogen-bond acceptors (Lipinski definition) is 6. The summed E-state index contributed by atoms with van der Waals surface area (Å²) in [6.45, 7) is 1.88. The van der Waals surface area contributed by atoms with Crippen LogP contribution in [0.25, 0.3) is 10.9 Å². The fourth-order valence-corrected chi connectivity index (χ4v) is 2.37. The Morgan fingerprint density at radius 3 is 3.14 bits per heavy atom. The molecule has 2 heterocycles. The van der Waals surface area contributed by atoms with E-state index in [9.17, 15) is 10.1 Å². The number of anilines is 1. The highest BCUT2D eigenvalue weighted by Crippen LogP contribution is 2.32. The highest BCUT2D eigenvalue weighted by molar-refractivity contribution is 5.93. The zero-order valence-corrected chi connectivity index (χ0v) is 11.3. The second-order valence-electron chi connectivity index (χ2n) is 4.93. The Morgan fingerprint density at radius 1 is 1.48 bits per heavy atom. The number of fused-ring (bicyclic) bond motifs is 1. The van der Waals surface area contributed by atoms with E-state index >= 15 is 0 Å². The first kappa shape index (κ1) is 13.7. The standard InChI is InChI=1S/C14H15N3O4/c18-17(19)14-11-2-1-6-15-12(11)3-4-13(14)16-21-9-10-5-7-20-8-10/h1-4,6,10,16H,5,7-9H2. The molecule has 1 saturated heterocycles. The van der Waals surface area contributed by atoms with Crippen molar-refractivity contribution < 1.29 is 14.5 Å². The van der Waals surface area contributed by atoms with Crippen LogP contribution < -0.4 is 5.48 Å². The van der Waals surface area contributed by atoms with Crippen molar-refractivity contribution in [2.24, 2.45) is 5.92 Å². The van der Waals surface area contributed by atoms with Gasteiger partial charge in [-0.1, -0.05) is 0 Å². The maximum absolute atomic E-state index is 11.3. The zero-order valence-electron chi connectivity index (χ0n) is 11.3. The number of benzene rings is 1. The van der Waals surface area contributed by atoms with Crippen LogP contribution in [0.3, 0.4) is 0 Å². The first-order chi connectivity index (χ1) is 10.3. The summed E-state index contributed by atoms with van der Waals surface area (Å²) in [7, 11) is 0. The van der Waals surface area contributed by atoms with Gasteiger partial charge in [0, 0.05) is 18.7 Å². The molecule has 7 heteroatoms. The molecular formula is C14H15N3O4. The molecule has 3 rings (SSSR count). The summed E-state index contributed by atoms with van der Waals surface area (Å²) >= 11 is 0. The highest BCUT2D eigenvalue weighted by atomic mass is 16.6. The molecule has 0 radical (unpaired) electrons. The molecule has 0 amide bonds. The van der Waals surface area contributed by atoms with Gasteiger partial charge >= 0.3 is 5.69 Å². The fourth-order valence-electron chi connectivity index (χ4n) is 2.37. The summed E-state index contributed by atoms with van der Waals surface area (Å²) in [5.41, 5.74) is 3.58. The summed E-state index contributed by atoms with van der Waals surface area (Å²) in [5, 5.41) is 11.8. The number of rotatable bonds is 5. The third-order valence-electron chi connectivity index (χ3n) is 3.46. The van der Waals surface area contributed by atoms with Gasteiger partial charge in [-0.15, -0.1) is 0 Å². The molecule has 1 aliphatic heterocycles. The molecule has 21 heavy (non-hydrogen) atoms. The molecule has 1 unspecified atom stereocenters. The summed E-state index contributed by atoms with van der Waals surface area (Å²) < 4.78 is 5.26. The largest absolute Gasteiger partial charge is 0.381 e. The predicted molar refractivity (Wildman–Crippen MR) is 76.9 cm³/mol. The van der Waals surface area contributed by atoms with Crippen LogP contribution >= 0.6 is 0 Å². The maximum Gasteiger partial charge on any atom is 0.303 e. The topological polar surface area (TPSA) is 86.5 Å². The second-order valence-corrected chi connectivity index (χ2v) is 4.93. The average Bonchev–Trinajstić information content (AvgIpc) is 3.00. The number of nitrogens with one attached hydrogen (secondary N) is 1. The van der Waals surface area contributed by atoms with Gasteiger partial charge < -0.3 is 4.74 Å². The molecule has 1 aliphatic rings. The van der Waals surface area contributed by atoms with Gasteiger partial charge in [-0.2, -0.15) is 0 Å². The van der Waals surface area contributed by atoms with Crippen LogP contribution in [0.2, 0.25) is 0 Å². The van der Waals surface area contributed by atoms with E-state index in [0.29, 0.717) is 35.7 Å². The highest BCUT2D eigenvalue weighted by Gasteiger charge is 2.20. The number of ether oxygens (including phenoxy) is 1. The van der Waals surface area contributed by atoms with Gasteiger partial charge in [0.05, 0.1) is 29.0 Å². The van der Waals surface area contributed by atoms with Crippen molar-refractivity contribution in [1.29, 1.82) is 0 Å². The van der Waals surface area contributed by atoms with Gasteiger partial charge in [-0.3, -0.25) is 25.4 Å². The molecular weight excluding hydrogens is 274 g/mol. The Bertz CT molecular complexity index is 656. The van der Waals surface area contributed by atoms with Gasteiger partial charge in [0.1, 0.15) is 5.69 Å². The van der Waals surface area contributed by atoms with Crippen LogP contribution in [0.1, 0.15) is 6.42 Å². The molecule has 1 aromatic carbocycles. The van der Waals surface area contributed by atoms with Crippen molar-refractivity contribution in [1.82, 2.24) is 4.98 Å². The van der Waals surface area contributed by atoms with E-state index in [1.807, 2.05) is 0 Å². The molecule has 0 spiro atoms. The number of aromatic nitrogens is 1. The van der Waals surface area contributed by atoms with Gasteiger partial charge in [0.25, 0.3) is 0 Å². The van der Waals surface area contributed by atoms with Crippen LogP contribution in [0.4, 0.5) is 11.4 Å². The first-order valence-electron chi connectivity index (χ1n) is 6.73. The lowest BCUT2D eigenvalue weighted by Gasteiger charge is -2.11. The summed E-state index contributed by atoms with van der Waals surface area (Å²) in [4.78, 5) is 20.4. The van der Waals surface area contributed by atoms with E-state index in [-0.39, 0.29) is 5.69 Å². The molecule has 0 saturated carbocycles. The molecule has 7 nitrogen and oxygen atoms in total. The number of hydrogen-bond donors (Lipinski definition) is 1. The van der Waals surface area contributed by atoms with Gasteiger partial charge in [-0.05, 0) is 30.7 Å². The van der Waals surface area contributed by atoms with E-state index < -0.39 is 4.92 Å². The van der Waals surface area contributed by atoms with Gasteiger partial charge in [0.15, 0.2) is 0 Å². The second kappa shape index (κ2) is 6.02. The Balaban J connectivity index is 1.80. The monoisotopic (exact) mass is 289 g/mol. The lowest BCUT2D eigenvalue weighted by molar-refractivity contribution is -0.382. The lowest BCUT2D eigenvalue weighted by Crippen LogP contribution is -2.13. The fraction of sp³-hybridized carbons (Fsp3) is 0.357. The minimum Gasteiger partial charge on any atom is -0.381 e. The van der Waals surface area contributed by atoms with Crippen molar-refractivity contribution in [2.45, 2.75) is 6.42 Å². The zero-order chi connectivity index (χ0) is 14.7. The Kier molecular flexibility index (Phi) is 3.94. The van der Waals surface area contributed by atoms with Crippen LogP contribution in [-0.2, 0) is 9.57 Å². The third-order valence-corrected chi connectivity index (χ3v) is 3.46. The van der Waals surface area contributed by atoms with Crippen LogP contribution in [0.15, 0.2) is 30.5 Å². The van der Waals surface area contributed by atoms with Crippen molar-refractivity contribution in [2.75, 3.05) is 25.3 Å². The summed E-state index contributed by atoms with van der Waals surface area (Å²) in [6, 6.07) is 6.69. The van der Waals surface area contributed by atoms with Gasteiger partial charge in [0.2, 0.25) is 0 Å². The lowest BCUT2D eigenvalue weighted by atomic mass is 10.1. The van der Waals surface area contributed by atoms with Crippen LogP contribution in [-0.4, -0.2) is 29.7 Å². The molecule has 1 N–H and O–H groups in total. The van der Waals surface area contributed by atoms with Crippen LogP contribution in [0, 0.1) is 16.0 Å². The number of nitro benzene ring substituents is 1. The summed E-state index contributed by atoms with van der Waals surface area (Å²) in [6.07, 6.45) is 2.56. The van der Waals surface area contributed by atoms with Gasteiger partial charge in [-0.25, -0.2) is 0 Å². The van der Waals surface area contributed by atoms with E-state index in [2.05, 4.69) is 10.5 Å². The number of nitrogens with zero attached hydrogens (tertiary/aromatic N) is 2. The Morgan fingerprint density at radius 2 is 2.38 bits per heavy atom. The smallest absolute Gasteiger partial charge is 0.303 e. The average molecular weight is 289 g/mol. The molecule has 0 aliphatic carbocycles. The number of pyridine rings is 1. The maximum atomic E-state index is 11.3. The molecule has 2 aromatic rings. The summed E-state index contributed by atoms with van der Waals surface area (Å²) in [5.74, 6) is 0.332. The number of nitro groups is 1. The predicted octanol–water partition coefficient (Wildman–Crippen LogP) is 2.52. The molecule has 0 bridgehead atoms. The van der Waals surface area contributed by atoms with Crippen molar-refractivity contribution >= 4 is 22.3 Å². The Hall–Kier alpha value is -2.25. The van der Waals surface area contributed by atoms with Crippen molar-refractivity contribution in [3.05, 3.63) is 40.6 Å². The van der Waals surface area contributed by atoms with Crippen molar-refractivity contribution in [3.8, 4) is 0 Å². The molecule has 1 atom stereocenters. The quantitative estimate of drug-likeness (QED) is 0.672. The van der Waals surface area contributed by atoms with Crippen LogP contribution in [0.5, 0.6) is 0 Å². The molecule has 110 valence electrons. The third kappa shape index (κ3) is 2.93. The normalized spacial score (nSPS) is 18.0. The molecule has 1 fully saturated rings. The van der Waals surface area contributed by atoms with E-state index in [4.69, 9.17) is 9.57 Å².